The fraction of sp³-hybridized carbons (Fsp3) is 0.538. The minimum absolute atomic E-state index is 0.0513. The Labute approximate surface area is 123 Å². The van der Waals surface area contributed by atoms with Crippen LogP contribution < -0.4 is 0 Å². The second kappa shape index (κ2) is 5.36. The molecule has 0 amide bonds. The quantitative estimate of drug-likeness (QED) is 0.893. The summed E-state index contributed by atoms with van der Waals surface area (Å²) in [6.45, 7) is 5.93. The topological polar surface area (TPSA) is 96.8 Å². The smallest absolute Gasteiger partial charge is 0.337 e. The van der Waals surface area contributed by atoms with E-state index in [0.29, 0.717) is 0 Å². The van der Waals surface area contributed by atoms with Crippen LogP contribution >= 0.6 is 0 Å². The Morgan fingerprint density at radius 3 is 2.62 bits per heavy atom. The van der Waals surface area contributed by atoms with Gasteiger partial charge in [0.25, 0.3) is 10.0 Å². The highest BCUT2D eigenvalue weighted by Crippen LogP contribution is 2.25. The van der Waals surface area contributed by atoms with Gasteiger partial charge in [-0.1, -0.05) is 0 Å². The summed E-state index contributed by atoms with van der Waals surface area (Å²) in [6.07, 6.45) is 0.825. The van der Waals surface area contributed by atoms with Gasteiger partial charge < -0.3 is 9.84 Å². The molecule has 1 aliphatic rings. The van der Waals surface area contributed by atoms with E-state index < -0.39 is 21.6 Å². The Balaban J connectivity index is 2.31. The van der Waals surface area contributed by atoms with Gasteiger partial charge in [0.05, 0.1) is 17.3 Å². The zero-order valence-electron chi connectivity index (χ0n) is 12.1. The molecule has 0 radical (unpaired) electrons. The van der Waals surface area contributed by atoms with Crippen LogP contribution in [-0.4, -0.2) is 53.6 Å². The van der Waals surface area contributed by atoms with Gasteiger partial charge in [0.2, 0.25) is 0 Å². The molecule has 1 aliphatic heterocycles. The molecular weight excluding hydrogens is 296 g/mol. The lowest BCUT2D eigenvalue weighted by atomic mass is 10.1. The van der Waals surface area contributed by atoms with Crippen molar-refractivity contribution in [2.75, 3.05) is 13.1 Å². The molecule has 1 fully saturated rings. The van der Waals surface area contributed by atoms with Crippen molar-refractivity contribution in [1.29, 1.82) is 0 Å². The SMILES string of the molecule is CC1CN(S(=O)(=O)c2ccc(C(=O)O)cn2)CC(C)(C)O1. The van der Waals surface area contributed by atoms with Gasteiger partial charge in [0, 0.05) is 19.3 Å². The third-order valence-corrected chi connectivity index (χ3v) is 4.85. The van der Waals surface area contributed by atoms with Gasteiger partial charge in [0.1, 0.15) is 0 Å². The second-order valence-corrected chi connectivity index (χ2v) is 7.56. The first-order valence-electron chi connectivity index (χ1n) is 6.49. The molecule has 7 nitrogen and oxygen atoms in total. The molecular formula is C13H18N2O5S. The molecule has 8 heteroatoms. The highest BCUT2D eigenvalue weighted by molar-refractivity contribution is 7.89. The molecule has 2 heterocycles. The highest BCUT2D eigenvalue weighted by atomic mass is 32.2. The van der Waals surface area contributed by atoms with E-state index in [-0.39, 0.29) is 29.8 Å². The molecule has 1 unspecified atom stereocenters. The van der Waals surface area contributed by atoms with E-state index in [1.165, 1.54) is 16.4 Å². The van der Waals surface area contributed by atoms with Gasteiger partial charge in [-0.05, 0) is 32.9 Å². The molecule has 1 atom stereocenters. The van der Waals surface area contributed by atoms with Crippen LogP contribution in [0.25, 0.3) is 0 Å². The van der Waals surface area contributed by atoms with Crippen molar-refractivity contribution >= 4 is 16.0 Å². The Kier molecular flexibility index (Phi) is 4.05. The number of carboxylic acid groups (broad SMARTS) is 1. The van der Waals surface area contributed by atoms with E-state index in [1.54, 1.807) is 0 Å². The van der Waals surface area contributed by atoms with E-state index in [2.05, 4.69) is 4.98 Å². The lowest BCUT2D eigenvalue weighted by Crippen LogP contribution is -2.53. The zero-order chi connectivity index (χ0) is 15.8. The second-order valence-electron chi connectivity index (χ2n) is 5.68. The number of carbonyl (C=O) groups is 1. The monoisotopic (exact) mass is 314 g/mol. The molecule has 0 spiro atoms. The van der Waals surface area contributed by atoms with E-state index in [0.717, 1.165) is 6.20 Å². The molecule has 1 aromatic heterocycles. The van der Waals surface area contributed by atoms with E-state index in [9.17, 15) is 13.2 Å². The summed E-state index contributed by atoms with van der Waals surface area (Å²) in [4.78, 5) is 14.5. The summed E-state index contributed by atoms with van der Waals surface area (Å²) in [6, 6.07) is 2.45. The first-order chi connectivity index (χ1) is 9.62. The average Bonchev–Trinajstić information content (AvgIpc) is 2.36. The number of carboxylic acids is 1. The van der Waals surface area contributed by atoms with Crippen LogP contribution in [0.2, 0.25) is 0 Å². The predicted octanol–water partition coefficient (Wildman–Crippen LogP) is 0.968. The Hall–Kier alpha value is -1.51. The Morgan fingerprint density at radius 1 is 1.48 bits per heavy atom. The molecule has 116 valence electrons. The van der Waals surface area contributed by atoms with Crippen LogP contribution in [0.5, 0.6) is 0 Å². The Morgan fingerprint density at radius 2 is 2.14 bits per heavy atom. The molecule has 1 N–H and O–H groups in total. The fourth-order valence-electron chi connectivity index (χ4n) is 2.37. The molecule has 2 rings (SSSR count). The third-order valence-electron chi connectivity index (χ3n) is 3.13. The maximum absolute atomic E-state index is 12.6. The normalized spacial score (nSPS) is 22.9. The van der Waals surface area contributed by atoms with Crippen LogP contribution in [-0.2, 0) is 14.8 Å². The lowest BCUT2D eigenvalue weighted by molar-refractivity contribution is -0.109. The minimum Gasteiger partial charge on any atom is -0.478 e. The van der Waals surface area contributed by atoms with Crippen LogP contribution in [0, 0.1) is 0 Å². The first-order valence-corrected chi connectivity index (χ1v) is 7.93. The van der Waals surface area contributed by atoms with Gasteiger partial charge in [-0.3, -0.25) is 0 Å². The maximum Gasteiger partial charge on any atom is 0.337 e. The van der Waals surface area contributed by atoms with Crippen molar-refractivity contribution < 1.29 is 23.1 Å². The van der Waals surface area contributed by atoms with Crippen LogP contribution in [0.4, 0.5) is 0 Å². The van der Waals surface area contributed by atoms with Crippen molar-refractivity contribution in [2.45, 2.75) is 37.5 Å². The number of nitrogens with zero attached hydrogens (tertiary/aromatic N) is 2. The highest BCUT2D eigenvalue weighted by Gasteiger charge is 2.38. The van der Waals surface area contributed by atoms with Crippen LogP contribution in [0.15, 0.2) is 23.4 Å². The molecule has 0 aliphatic carbocycles. The largest absolute Gasteiger partial charge is 0.478 e. The number of aromatic carboxylic acids is 1. The number of rotatable bonds is 3. The molecule has 0 saturated carbocycles. The number of pyridine rings is 1. The number of hydrogen-bond acceptors (Lipinski definition) is 5. The number of aromatic nitrogens is 1. The minimum atomic E-state index is -3.76. The molecule has 0 bridgehead atoms. The Bertz CT molecular complexity index is 639. The third kappa shape index (κ3) is 3.39. The molecule has 0 aromatic carbocycles. The van der Waals surface area contributed by atoms with Crippen molar-refractivity contribution in [2.24, 2.45) is 0 Å². The molecule has 1 aromatic rings. The number of sulfonamides is 1. The standard InChI is InChI=1S/C13H18N2O5S/c1-9-7-15(8-13(2,3)20-9)21(18,19)11-5-4-10(6-14-11)12(16)17/h4-6,9H,7-8H2,1-3H3,(H,16,17). The fourth-order valence-corrected chi connectivity index (χ4v) is 3.95. The summed E-state index contributed by atoms with van der Waals surface area (Å²) in [5, 5.41) is 8.66. The van der Waals surface area contributed by atoms with E-state index >= 15 is 0 Å². The zero-order valence-corrected chi connectivity index (χ0v) is 12.9. The summed E-state index contributed by atoms with van der Waals surface area (Å²) >= 11 is 0. The summed E-state index contributed by atoms with van der Waals surface area (Å²) in [5.41, 5.74) is -0.629. The van der Waals surface area contributed by atoms with Crippen molar-refractivity contribution in [1.82, 2.24) is 9.29 Å². The number of ether oxygens (including phenoxy) is 1. The van der Waals surface area contributed by atoms with Crippen molar-refractivity contribution in [3.63, 3.8) is 0 Å². The van der Waals surface area contributed by atoms with Gasteiger partial charge >= 0.3 is 5.97 Å². The summed E-state index contributed by atoms with van der Waals surface area (Å²) in [5.74, 6) is -1.15. The van der Waals surface area contributed by atoms with Gasteiger partial charge in [0.15, 0.2) is 5.03 Å². The van der Waals surface area contributed by atoms with Crippen LogP contribution in [0.1, 0.15) is 31.1 Å². The predicted molar refractivity (Wildman–Crippen MR) is 74.6 cm³/mol. The van der Waals surface area contributed by atoms with Gasteiger partial charge in [-0.25, -0.2) is 18.2 Å². The average molecular weight is 314 g/mol. The molecule has 1 saturated heterocycles. The first kappa shape index (κ1) is 15.9. The van der Waals surface area contributed by atoms with Crippen LogP contribution in [0.3, 0.4) is 0 Å². The maximum atomic E-state index is 12.6. The lowest BCUT2D eigenvalue weighted by Gasteiger charge is -2.40. The van der Waals surface area contributed by atoms with Crippen molar-refractivity contribution in [3.8, 4) is 0 Å². The number of morpholine rings is 1. The van der Waals surface area contributed by atoms with E-state index in [1.807, 2.05) is 20.8 Å². The summed E-state index contributed by atoms with van der Waals surface area (Å²) in [7, 11) is -3.76. The number of hydrogen-bond donors (Lipinski definition) is 1. The van der Waals surface area contributed by atoms with Gasteiger partial charge in [-0.15, -0.1) is 0 Å². The van der Waals surface area contributed by atoms with Crippen molar-refractivity contribution in [3.05, 3.63) is 23.9 Å². The molecule has 21 heavy (non-hydrogen) atoms. The van der Waals surface area contributed by atoms with E-state index in [4.69, 9.17) is 9.84 Å². The van der Waals surface area contributed by atoms with Gasteiger partial charge in [-0.2, -0.15) is 4.31 Å². The summed E-state index contributed by atoms with van der Waals surface area (Å²) < 4.78 is 32.1.